The Labute approximate surface area is 159 Å². The summed E-state index contributed by atoms with van der Waals surface area (Å²) in [6.07, 6.45) is 1.59. The van der Waals surface area contributed by atoms with Gasteiger partial charge in [-0.3, -0.25) is 9.59 Å². The monoisotopic (exact) mass is 364 g/mol. The zero-order chi connectivity index (χ0) is 19.3. The van der Waals surface area contributed by atoms with Crippen LogP contribution in [0.25, 0.3) is 0 Å². The summed E-state index contributed by atoms with van der Waals surface area (Å²) in [6.45, 7) is 4.55. The third-order valence-electron chi connectivity index (χ3n) is 4.44. The second-order valence-electron chi connectivity index (χ2n) is 7.65. The summed E-state index contributed by atoms with van der Waals surface area (Å²) in [7, 11) is 0. The van der Waals surface area contributed by atoms with Crippen molar-refractivity contribution < 1.29 is 14.3 Å². The van der Waals surface area contributed by atoms with Gasteiger partial charge in [-0.1, -0.05) is 44.2 Å². The Morgan fingerprint density at radius 2 is 1.78 bits per heavy atom. The molecule has 3 rings (SSSR count). The quantitative estimate of drug-likeness (QED) is 0.811. The topological polar surface area (TPSA) is 67.8 Å². The number of carbonyl (C=O) groups is 2. The van der Waals surface area contributed by atoms with Gasteiger partial charge in [-0.25, -0.2) is 5.43 Å². The molecule has 2 aromatic rings. The first-order valence-corrected chi connectivity index (χ1v) is 9.06. The first-order valence-electron chi connectivity index (χ1n) is 9.06. The van der Waals surface area contributed by atoms with Gasteiger partial charge in [-0.15, -0.1) is 0 Å². The largest absolute Gasteiger partial charge is 0.489 e. The van der Waals surface area contributed by atoms with E-state index in [-0.39, 0.29) is 17.1 Å². The Hall–Kier alpha value is -2.95. The van der Waals surface area contributed by atoms with E-state index in [0.29, 0.717) is 37.2 Å². The summed E-state index contributed by atoms with van der Waals surface area (Å²) in [4.78, 5) is 24.1. The number of nitrogens with zero attached hydrogens (tertiary/aromatic N) is 1. The molecule has 0 unspecified atom stereocenters. The van der Waals surface area contributed by atoms with E-state index in [1.54, 1.807) is 24.3 Å². The van der Waals surface area contributed by atoms with Gasteiger partial charge in [0.1, 0.15) is 18.1 Å². The van der Waals surface area contributed by atoms with Gasteiger partial charge in [0.2, 0.25) is 0 Å². The Morgan fingerprint density at radius 3 is 2.44 bits per heavy atom. The summed E-state index contributed by atoms with van der Waals surface area (Å²) in [5.41, 5.74) is 4.77. The minimum Gasteiger partial charge on any atom is -0.489 e. The van der Waals surface area contributed by atoms with Crippen molar-refractivity contribution in [3.8, 4) is 5.75 Å². The van der Waals surface area contributed by atoms with Crippen LogP contribution in [-0.2, 0) is 11.4 Å². The standard InChI is InChI=1S/C22H24N2O3/c1-22(2)13-18(12-19(25)14-22)23-24-21(26)17-8-10-20(11-9-17)27-15-16-6-4-3-5-7-16/h3-11H,12-15H2,1-2H3,(H,24,26)/b23-18+. The van der Waals surface area contributed by atoms with E-state index in [4.69, 9.17) is 4.74 Å². The van der Waals surface area contributed by atoms with E-state index in [1.165, 1.54) is 0 Å². The van der Waals surface area contributed by atoms with Crippen LogP contribution in [0.2, 0.25) is 0 Å². The number of Topliss-reactive ketones (excluding diaryl/α,β-unsaturated/α-hetero) is 1. The average Bonchev–Trinajstić information content (AvgIpc) is 2.64. The maximum atomic E-state index is 12.3. The third kappa shape index (κ3) is 5.51. The normalized spacial score (nSPS) is 17.6. The molecule has 1 N–H and O–H groups in total. The summed E-state index contributed by atoms with van der Waals surface area (Å²) in [6, 6.07) is 16.8. The first-order chi connectivity index (χ1) is 12.9. The number of amides is 1. The zero-order valence-electron chi connectivity index (χ0n) is 15.7. The van der Waals surface area contributed by atoms with Crippen LogP contribution >= 0.6 is 0 Å². The highest BCUT2D eigenvalue weighted by Crippen LogP contribution is 2.31. The second kappa shape index (κ2) is 8.16. The molecular weight excluding hydrogens is 340 g/mol. The lowest BCUT2D eigenvalue weighted by atomic mass is 9.76. The number of hydrogen-bond acceptors (Lipinski definition) is 4. The molecule has 5 heteroatoms. The van der Waals surface area contributed by atoms with Crippen molar-refractivity contribution in [2.75, 3.05) is 0 Å². The van der Waals surface area contributed by atoms with E-state index in [9.17, 15) is 9.59 Å². The fourth-order valence-corrected chi connectivity index (χ4v) is 3.22. The molecule has 0 spiro atoms. The molecular formula is C22H24N2O3. The van der Waals surface area contributed by atoms with Crippen LogP contribution in [0.5, 0.6) is 5.75 Å². The fourth-order valence-electron chi connectivity index (χ4n) is 3.22. The molecule has 0 radical (unpaired) electrons. The molecule has 0 atom stereocenters. The predicted octanol–water partition coefficient (Wildman–Crippen LogP) is 4.13. The Kier molecular flexibility index (Phi) is 5.69. The first kappa shape index (κ1) is 18.8. The minimum atomic E-state index is -0.298. The van der Waals surface area contributed by atoms with E-state index in [2.05, 4.69) is 10.5 Å². The van der Waals surface area contributed by atoms with Crippen LogP contribution in [0, 0.1) is 5.41 Å². The van der Waals surface area contributed by atoms with Crippen LogP contribution in [0.1, 0.15) is 49.0 Å². The molecule has 0 aromatic heterocycles. The summed E-state index contributed by atoms with van der Waals surface area (Å²) >= 11 is 0. The number of hydrazone groups is 1. The van der Waals surface area contributed by atoms with Crippen molar-refractivity contribution in [3.63, 3.8) is 0 Å². The van der Waals surface area contributed by atoms with Gasteiger partial charge in [0.15, 0.2) is 0 Å². The van der Waals surface area contributed by atoms with E-state index >= 15 is 0 Å². The lowest BCUT2D eigenvalue weighted by molar-refractivity contribution is -0.120. The molecule has 5 nitrogen and oxygen atoms in total. The molecule has 0 saturated heterocycles. The number of rotatable bonds is 5. The number of benzene rings is 2. The Morgan fingerprint density at radius 1 is 1.07 bits per heavy atom. The number of carbonyl (C=O) groups excluding carboxylic acids is 2. The van der Waals surface area contributed by atoms with Gasteiger partial charge >= 0.3 is 0 Å². The van der Waals surface area contributed by atoms with E-state index in [0.717, 1.165) is 11.3 Å². The van der Waals surface area contributed by atoms with Crippen LogP contribution < -0.4 is 10.2 Å². The van der Waals surface area contributed by atoms with Crippen LogP contribution in [0.3, 0.4) is 0 Å². The van der Waals surface area contributed by atoms with Crippen molar-refractivity contribution in [1.82, 2.24) is 5.43 Å². The van der Waals surface area contributed by atoms with Crippen LogP contribution in [0.4, 0.5) is 0 Å². The molecule has 0 heterocycles. The number of hydrogen-bond donors (Lipinski definition) is 1. The van der Waals surface area contributed by atoms with Gasteiger partial charge in [0.25, 0.3) is 5.91 Å². The number of ether oxygens (including phenoxy) is 1. The summed E-state index contributed by atoms with van der Waals surface area (Å²) in [5, 5.41) is 4.17. The molecule has 1 aliphatic rings. The van der Waals surface area contributed by atoms with Gasteiger partial charge in [0, 0.05) is 24.1 Å². The smallest absolute Gasteiger partial charge is 0.271 e. The molecule has 1 amide bonds. The highest BCUT2D eigenvalue weighted by Gasteiger charge is 2.30. The van der Waals surface area contributed by atoms with E-state index in [1.807, 2.05) is 44.2 Å². The molecule has 1 aliphatic carbocycles. The second-order valence-corrected chi connectivity index (χ2v) is 7.65. The number of ketones is 1. The zero-order valence-corrected chi connectivity index (χ0v) is 15.7. The lowest BCUT2D eigenvalue weighted by Crippen LogP contribution is -2.31. The molecule has 27 heavy (non-hydrogen) atoms. The average molecular weight is 364 g/mol. The molecule has 140 valence electrons. The lowest BCUT2D eigenvalue weighted by Gasteiger charge is -2.28. The summed E-state index contributed by atoms with van der Waals surface area (Å²) < 4.78 is 5.72. The van der Waals surface area contributed by atoms with Gasteiger partial charge in [-0.05, 0) is 41.7 Å². The van der Waals surface area contributed by atoms with Gasteiger partial charge < -0.3 is 4.74 Å². The third-order valence-corrected chi connectivity index (χ3v) is 4.44. The van der Waals surface area contributed by atoms with Gasteiger partial charge in [0.05, 0.1) is 0 Å². The minimum absolute atomic E-state index is 0.101. The van der Waals surface area contributed by atoms with Crippen molar-refractivity contribution in [2.45, 2.75) is 39.7 Å². The maximum absolute atomic E-state index is 12.3. The highest BCUT2D eigenvalue weighted by atomic mass is 16.5. The van der Waals surface area contributed by atoms with Gasteiger partial charge in [-0.2, -0.15) is 5.10 Å². The maximum Gasteiger partial charge on any atom is 0.271 e. The van der Waals surface area contributed by atoms with E-state index < -0.39 is 0 Å². The molecule has 1 fully saturated rings. The Balaban J connectivity index is 1.56. The molecule has 2 aromatic carbocycles. The van der Waals surface area contributed by atoms with Crippen LogP contribution in [0.15, 0.2) is 59.7 Å². The fraction of sp³-hybridized carbons (Fsp3) is 0.318. The van der Waals surface area contributed by atoms with Crippen molar-refractivity contribution in [2.24, 2.45) is 10.5 Å². The summed E-state index contributed by atoms with van der Waals surface area (Å²) in [5.74, 6) is 0.563. The highest BCUT2D eigenvalue weighted by molar-refractivity contribution is 6.05. The Bertz CT molecular complexity index is 840. The van der Waals surface area contributed by atoms with Crippen LogP contribution in [-0.4, -0.2) is 17.4 Å². The SMILES string of the molecule is CC1(C)CC(=O)C/C(=N\NC(=O)c2ccc(OCc3ccccc3)cc2)C1. The predicted molar refractivity (Wildman–Crippen MR) is 105 cm³/mol. The van der Waals surface area contributed by atoms with Crippen molar-refractivity contribution in [3.05, 3.63) is 65.7 Å². The molecule has 0 bridgehead atoms. The molecule has 0 aliphatic heterocycles. The molecule has 1 saturated carbocycles. The van der Waals surface area contributed by atoms with Crippen molar-refractivity contribution in [1.29, 1.82) is 0 Å². The van der Waals surface area contributed by atoms with Crippen molar-refractivity contribution >= 4 is 17.4 Å². The number of nitrogens with one attached hydrogen (secondary N) is 1.